The van der Waals surface area contributed by atoms with Crippen LogP contribution in [-0.4, -0.2) is 45.7 Å². The van der Waals surface area contributed by atoms with Crippen molar-refractivity contribution in [2.45, 2.75) is 26.3 Å². The minimum atomic E-state index is -2.75. The average Bonchev–Trinajstić information content (AvgIpc) is 2.44. The van der Waals surface area contributed by atoms with Gasteiger partial charge in [-0.15, -0.1) is 0 Å². The molecule has 1 aliphatic rings. The molecule has 1 aliphatic heterocycles. The highest BCUT2D eigenvalue weighted by Crippen LogP contribution is 2.10. The molecular formula is C10H21NO3S. The van der Waals surface area contributed by atoms with Gasteiger partial charge in [0, 0.05) is 19.2 Å². The Morgan fingerprint density at radius 1 is 1.47 bits per heavy atom. The van der Waals surface area contributed by atoms with E-state index in [9.17, 15) is 8.42 Å². The van der Waals surface area contributed by atoms with E-state index in [1.54, 1.807) is 0 Å². The predicted molar refractivity (Wildman–Crippen MR) is 60.7 cm³/mol. The quantitative estimate of drug-likeness (QED) is 0.679. The number of hydrogen-bond donors (Lipinski definition) is 1. The largest absolute Gasteiger partial charge is 0.380 e. The average molecular weight is 235 g/mol. The fourth-order valence-electron chi connectivity index (χ4n) is 1.61. The fraction of sp³-hybridized carbons (Fsp3) is 1.00. The van der Waals surface area contributed by atoms with Gasteiger partial charge in [-0.1, -0.05) is 13.8 Å². The van der Waals surface area contributed by atoms with E-state index in [2.05, 4.69) is 19.2 Å². The summed E-state index contributed by atoms with van der Waals surface area (Å²) < 4.78 is 27.7. The van der Waals surface area contributed by atoms with Crippen molar-refractivity contribution in [1.82, 2.24) is 5.32 Å². The Morgan fingerprint density at radius 2 is 2.20 bits per heavy atom. The summed E-state index contributed by atoms with van der Waals surface area (Å²) in [5, 5.41) is 3.21. The van der Waals surface area contributed by atoms with Crippen LogP contribution in [0.4, 0.5) is 0 Å². The van der Waals surface area contributed by atoms with Crippen LogP contribution in [0.2, 0.25) is 0 Å². The van der Waals surface area contributed by atoms with Crippen molar-refractivity contribution < 1.29 is 13.2 Å². The molecule has 1 heterocycles. The third-order valence-corrected chi connectivity index (χ3v) is 4.13. The van der Waals surface area contributed by atoms with Gasteiger partial charge in [-0.3, -0.25) is 0 Å². The summed E-state index contributed by atoms with van der Waals surface area (Å²) in [5.74, 6) is 1.17. The van der Waals surface area contributed by atoms with Gasteiger partial charge in [-0.05, 0) is 12.3 Å². The van der Waals surface area contributed by atoms with Gasteiger partial charge in [-0.25, -0.2) is 8.42 Å². The highest BCUT2D eigenvalue weighted by Gasteiger charge is 2.26. The lowest BCUT2D eigenvalue weighted by molar-refractivity contribution is 0.110. The van der Waals surface area contributed by atoms with E-state index in [1.807, 2.05) is 0 Å². The Bertz CT molecular complexity index is 274. The van der Waals surface area contributed by atoms with Crippen molar-refractivity contribution in [3.63, 3.8) is 0 Å². The molecule has 0 bridgehead atoms. The van der Waals surface area contributed by atoms with Crippen LogP contribution in [0.3, 0.4) is 0 Å². The third-order valence-electron chi connectivity index (χ3n) is 2.36. The van der Waals surface area contributed by atoms with Gasteiger partial charge in [0.2, 0.25) is 0 Å². The molecule has 15 heavy (non-hydrogen) atoms. The van der Waals surface area contributed by atoms with Gasteiger partial charge in [0.1, 0.15) is 0 Å². The summed E-state index contributed by atoms with van der Waals surface area (Å²) in [5.41, 5.74) is 0. The maximum Gasteiger partial charge on any atom is 0.151 e. The van der Waals surface area contributed by atoms with Gasteiger partial charge in [0.05, 0.1) is 18.1 Å². The molecule has 0 aliphatic carbocycles. The predicted octanol–water partition coefficient (Wildman–Crippen LogP) is 0.436. The number of nitrogens with one attached hydrogen (secondary N) is 1. The van der Waals surface area contributed by atoms with Crippen molar-refractivity contribution >= 4 is 9.84 Å². The first-order valence-electron chi connectivity index (χ1n) is 5.51. The molecule has 0 saturated carbocycles. The second kappa shape index (κ2) is 5.82. The summed E-state index contributed by atoms with van der Waals surface area (Å²) in [6.07, 6.45) is 0.743. The van der Waals surface area contributed by atoms with Crippen LogP contribution in [0.15, 0.2) is 0 Å². The van der Waals surface area contributed by atoms with Crippen LogP contribution >= 0.6 is 0 Å². The SMILES string of the molecule is CC(C)COCCNC1CCS(=O)(=O)C1. The standard InChI is InChI=1S/C10H21NO3S/c1-9(2)7-14-5-4-11-10-3-6-15(12,13)8-10/h9-11H,3-8H2,1-2H3. The molecule has 1 N–H and O–H groups in total. The monoisotopic (exact) mass is 235 g/mol. The molecule has 0 aromatic heterocycles. The smallest absolute Gasteiger partial charge is 0.151 e. The zero-order chi connectivity index (χ0) is 11.3. The van der Waals surface area contributed by atoms with Gasteiger partial charge >= 0.3 is 0 Å². The summed E-state index contributed by atoms with van der Waals surface area (Å²) in [4.78, 5) is 0. The van der Waals surface area contributed by atoms with Gasteiger partial charge in [0.25, 0.3) is 0 Å². The van der Waals surface area contributed by atoms with E-state index in [0.29, 0.717) is 18.3 Å². The number of sulfone groups is 1. The van der Waals surface area contributed by atoms with E-state index >= 15 is 0 Å². The lowest BCUT2D eigenvalue weighted by Gasteiger charge is -2.11. The van der Waals surface area contributed by atoms with E-state index in [-0.39, 0.29) is 11.8 Å². The Kier molecular flexibility index (Phi) is 5.02. The van der Waals surface area contributed by atoms with E-state index < -0.39 is 9.84 Å². The molecule has 1 unspecified atom stereocenters. The first-order chi connectivity index (χ1) is 6.99. The Morgan fingerprint density at radius 3 is 2.73 bits per heavy atom. The van der Waals surface area contributed by atoms with Gasteiger partial charge < -0.3 is 10.1 Å². The summed E-state index contributed by atoms with van der Waals surface area (Å²) in [6, 6.07) is 0.137. The molecule has 1 rings (SSSR count). The summed E-state index contributed by atoms with van der Waals surface area (Å²) >= 11 is 0. The molecular weight excluding hydrogens is 214 g/mol. The highest BCUT2D eigenvalue weighted by atomic mass is 32.2. The highest BCUT2D eigenvalue weighted by molar-refractivity contribution is 7.91. The van der Waals surface area contributed by atoms with Crippen LogP contribution in [0, 0.1) is 5.92 Å². The summed E-state index contributed by atoms with van der Waals surface area (Å²) in [6.45, 7) is 6.39. The van der Waals surface area contributed by atoms with Crippen LogP contribution in [0.1, 0.15) is 20.3 Å². The number of rotatable bonds is 6. The summed E-state index contributed by atoms with van der Waals surface area (Å²) in [7, 11) is -2.75. The second-order valence-electron chi connectivity index (χ2n) is 4.52. The maximum absolute atomic E-state index is 11.1. The van der Waals surface area contributed by atoms with Crippen LogP contribution in [0.5, 0.6) is 0 Å². The minimum Gasteiger partial charge on any atom is -0.380 e. The lowest BCUT2D eigenvalue weighted by Crippen LogP contribution is -2.33. The maximum atomic E-state index is 11.1. The molecule has 90 valence electrons. The minimum absolute atomic E-state index is 0.137. The zero-order valence-electron chi connectivity index (χ0n) is 9.53. The Labute approximate surface area is 92.3 Å². The van der Waals surface area contributed by atoms with E-state index in [4.69, 9.17) is 4.74 Å². The first kappa shape index (κ1) is 12.9. The topological polar surface area (TPSA) is 55.4 Å². The van der Waals surface area contributed by atoms with Crippen molar-refractivity contribution in [1.29, 1.82) is 0 Å². The van der Waals surface area contributed by atoms with E-state index in [1.165, 1.54) is 0 Å². The molecule has 0 radical (unpaired) electrons. The van der Waals surface area contributed by atoms with Crippen molar-refractivity contribution in [3.05, 3.63) is 0 Å². The lowest BCUT2D eigenvalue weighted by atomic mass is 10.2. The zero-order valence-corrected chi connectivity index (χ0v) is 10.3. The number of hydrogen-bond acceptors (Lipinski definition) is 4. The third kappa shape index (κ3) is 5.49. The van der Waals surface area contributed by atoms with Gasteiger partial charge in [0.15, 0.2) is 9.84 Å². The van der Waals surface area contributed by atoms with E-state index in [0.717, 1.165) is 19.6 Å². The molecule has 5 heteroatoms. The van der Waals surface area contributed by atoms with Crippen molar-refractivity contribution in [2.75, 3.05) is 31.3 Å². The van der Waals surface area contributed by atoms with Crippen LogP contribution in [0.25, 0.3) is 0 Å². The van der Waals surface area contributed by atoms with Crippen LogP contribution in [-0.2, 0) is 14.6 Å². The molecule has 1 saturated heterocycles. The Hall–Kier alpha value is -0.130. The Balaban J connectivity index is 2.02. The van der Waals surface area contributed by atoms with Crippen molar-refractivity contribution in [2.24, 2.45) is 5.92 Å². The number of ether oxygens (including phenoxy) is 1. The molecule has 0 aromatic rings. The van der Waals surface area contributed by atoms with Gasteiger partial charge in [-0.2, -0.15) is 0 Å². The second-order valence-corrected chi connectivity index (χ2v) is 6.75. The molecule has 0 spiro atoms. The van der Waals surface area contributed by atoms with Crippen molar-refractivity contribution in [3.8, 4) is 0 Å². The molecule has 0 amide bonds. The normalized spacial score (nSPS) is 24.9. The molecule has 1 fully saturated rings. The molecule has 1 atom stereocenters. The molecule has 4 nitrogen and oxygen atoms in total. The fourth-order valence-corrected chi connectivity index (χ4v) is 3.32. The first-order valence-corrected chi connectivity index (χ1v) is 7.33. The molecule has 0 aromatic carbocycles. The van der Waals surface area contributed by atoms with Crippen LogP contribution < -0.4 is 5.32 Å².